The summed E-state index contributed by atoms with van der Waals surface area (Å²) in [6, 6.07) is 1.79. The molecule has 3 rings (SSSR count). The van der Waals surface area contributed by atoms with Gasteiger partial charge in [0.25, 0.3) is 5.91 Å². The molecule has 1 atom stereocenters. The van der Waals surface area contributed by atoms with E-state index in [9.17, 15) is 9.90 Å². The second-order valence-corrected chi connectivity index (χ2v) is 6.88. The van der Waals surface area contributed by atoms with Crippen LogP contribution in [0.5, 0.6) is 0 Å². The molecule has 4 N–H and O–H groups in total. The molecule has 112 valence electrons. The minimum Gasteiger partial charge on any atom is -0.396 e. The summed E-state index contributed by atoms with van der Waals surface area (Å²) >= 11 is 4.62. The van der Waals surface area contributed by atoms with Crippen LogP contribution in [-0.2, 0) is 12.8 Å². The molecule has 0 saturated heterocycles. The standard InChI is InChI=1S/C16H20N2O2S/c1-8-5-10(15(17)20)13-12(14(8)21)9-3-4-16(2,7-19)6-11(9)18-13/h5,18-19,21H,3-4,6-7H2,1-2H3,(H2,17,20). The minimum atomic E-state index is -0.431. The number of aromatic nitrogens is 1. The van der Waals surface area contributed by atoms with Crippen molar-refractivity contribution in [1.29, 1.82) is 0 Å². The van der Waals surface area contributed by atoms with Crippen molar-refractivity contribution in [3.63, 3.8) is 0 Å². The zero-order valence-electron chi connectivity index (χ0n) is 12.3. The van der Waals surface area contributed by atoms with Crippen molar-refractivity contribution in [2.24, 2.45) is 11.1 Å². The number of aromatic amines is 1. The second-order valence-electron chi connectivity index (χ2n) is 6.43. The highest BCUT2D eigenvalue weighted by atomic mass is 32.1. The first-order valence-electron chi connectivity index (χ1n) is 7.13. The molecule has 4 nitrogen and oxygen atoms in total. The number of rotatable bonds is 2. The first kappa shape index (κ1) is 14.5. The third-order valence-electron chi connectivity index (χ3n) is 4.66. The van der Waals surface area contributed by atoms with Crippen molar-refractivity contribution in [2.75, 3.05) is 6.61 Å². The number of nitrogens with one attached hydrogen (secondary N) is 1. The highest BCUT2D eigenvalue weighted by Crippen LogP contribution is 2.41. The van der Waals surface area contributed by atoms with Crippen LogP contribution in [0, 0.1) is 12.3 Å². The summed E-state index contributed by atoms with van der Waals surface area (Å²) in [5, 5.41) is 10.6. The van der Waals surface area contributed by atoms with E-state index in [4.69, 9.17) is 5.73 Å². The van der Waals surface area contributed by atoms with Crippen molar-refractivity contribution in [2.45, 2.75) is 38.0 Å². The summed E-state index contributed by atoms with van der Waals surface area (Å²) in [5.41, 5.74) is 9.97. The molecule has 0 fully saturated rings. The number of aryl methyl sites for hydroxylation is 2. The van der Waals surface area contributed by atoms with Crippen molar-refractivity contribution in [3.8, 4) is 0 Å². The Hall–Kier alpha value is -1.46. The Morgan fingerprint density at radius 3 is 2.90 bits per heavy atom. The molecule has 1 aliphatic carbocycles. The molecule has 5 heteroatoms. The van der Waals surface area contributed by atoms with E-state index in [2.05, 4.69) is 24.5 Å². The average Bonchev–Trinajstić information content (AvgIpc) is 2.80. The van der Waals surface area contributed by atoms with Crippen LogP contribution in [0.3, 0.4) is 0 Å². The van der Waals surface area contributed by atoms with Crippen LogP contribution < -0.4 is 5.73 Å². The lowest BCUT2D eigenvalue weighted by Gasteiger charge is -2.31. The molecule has 1 unspecified atom stereocenters. The molecule has 1 aliphatic rings. The van der Waals surface area contributed by atoms with Crippen LogP contribution in [-0.4, -0.2) is 22.6 Å². The molecule has 2 aromatic rings. The molecule has 1 aromatic heterocycles. The quantitative estimate of drug-likeness (QED) is 0.643. The molecule has 1 aromatic carbocycles. The van der Waals surface area contributed by atoms with Crippen LogP contribution in [0.4, 0.5) is 0 Å². The first-order valence-corrected chi connectivity index (χ1v) is 7.57. The highest BCUT2D eigenvalue weighted by molar-refractivity contribution is 7.80. The Morgan fingerprint density at radius 2 is 2.29 bits per heavy atom. The highest BCUT2D eigenvalue weighted by Gasteiger charge is 2.32. The van der Waals surface area contributed by atoms with Gasteiger partial charge in [-0.3, -0.25) is 4.79 Å². The smallest absolute Gasteiger partial charge is 0.250 e. The second kappa shape index (κ2) is 4.78. The van der Waals surface area contributed by atoms with Crippen LogP contribution in [0.2, 0.25) is 0 Å². The minimum absolute atomic E-state index is 0.105. The molecule has 0 radical (unpaired) electrons. The first-order chi connectivity index (χ1) is 9.86. The topological polar surface area (TPSA) is 79.1 Å². The summed E-state index contributed by atoms with van der Waals surface area (Å²) in [6.45, 7) is 4.19. The molecular formula is C16H20N2O2S. The number of H-pyrrole nitrogens is 1. The predicted octanol–water partition coefficient (Wildman–Crippen LogP) is 2.35. The number of carbonyl (C=O) groups is 1. The van der Waals surface area contributed by atoms with Gasteiger partial charge in [-0.2, -0.15) is 0 Å². The molecule has 0 aliphatic heterocycles. The number of nitrogens with two attached hydrogens (primary N) is 1. The van der Waals surface area contributed by atoms with E-state index >= 15 is 0 Å². The van der Waals surface area contributed by atoms with Gasteiger partial charge in [0.05, 0.1) is 11.1 Å². The zero-order valence-corrected chi connectivity index (χ0v) is 13.2. The van der Waals surface area contributed by atoms with Gasteiger partial charge in [0, 0.05) is 22.6 Å². The number of primary amides is 1. The normalized spacial score (nSPS) is 21.5. The summed E-state index contributed by atoms with van der Waals surface area (Å²) in [4.78, 5) is 16.0. The lowest BCUT2D eigenvalue weighted by molar-refractivity contribution is 0.100. The number of fused-ring (bicyclic) bond motifs is 3. The van der Waals surface area contributed by atoms with Crippen LogP contribution in [0.15, 0.2) is 11.0 Å². The van der Waals surface area contributed by atoms with Gasteiger partial charge in [-0.15, -0.1) is 12.6 Å². The van der Waals surface area contributed by atoms with Gasteiger partial charge < -0.3 is 15.8 Å². The summed E-state index contributed by atoms with van der Waals surface area (Å²) < 4.78 is 0. The summed E-state index contributed by atoms with van der Waals surface area (Å²) in [6.07, 6.45) is 2.58. The predicted molar refractivity (Wildman–Crippen MR) is 86.0 cm³/mol. The number of aliphatic hydroxyl groups excluding tert-OH is 1. The SMILES string of the molecule is Cc1cc(C(N)=O)c2[nH]c3c(c2c1S)CCC(C)(CO)C3. The molecule has 1 amide bonds. The van der Waals surface area contributed by atoms with Gasteiger partial charge in [-0.25, -0.2) is 0 Å². The van der Waals surface area contributed by atoms with E-state index in [-0.39, 0.29) is 12.0 Å². The molecule has 21 heavy (non-hydrogen) atoms. The maximum Gasteiger partial charge on any atom is 0.250 e. The van der Waals surface area contributed by atoms with E-state index in [0.29, 0.717) is 5.56 Å². The fourth-order valence-electron chi connectivity index (χ4n) is 3.31. The van der Waals surface area contributed by atoms with Crippen molar-refractivity contribution in [3.05, 3.63) is 28.5 Å². The molecule has 0 saturated carbocycles. The van der Waals surface area contributed by atoms with Crippen molar-refractivity contribution in [1.82, 2.24) is 4.98 Å². The largest absolute Gasteiger partial charge is 0.396 e. The van der Waals surface area contributed by atoms with Crippen LogP contribution >= 0.6 is 12.6 Å². The van der Waals surface area contributed by atoms with Gasteiger partial charge in [0.1, 0.15) is 0 Å². The van der Waals surface area contributed by atoms with Crippen molar-refractivity contribution < 1.29 is 9.90 Å². The van der Waals surface area contributed by atoms with E-state index in [1.807, 2.05) is 6.92 Å². The number of carbonyl (C=O) groups excluding carboxylic acids is 1. The third-order valence-corrected chi connectivity index (χ3v) is 5.24. The third kappa shape index (κ3) is 2.15. The number of aliphatic hydroxyl groups is 1. The van der Waals surface area contributed by atoms with Crippen LogP contribution in [0.25, 0.3) is 10.9 Å². The van der Waals surface area contributed by atoms with E-state index in [0.717, 1.165) is 46.3 Å². The number of amides is 1. The van der Waals surface area contributed by atoms with Gasteiger partial charge in [-0.05, 0) is 48.8 Å². The Labute approximate surface area is 129 Å². The number of hydrogen-bond donors (Lipinski definition) is 4. The van der Waals surface area contributed by atoms with Gasteiger partial charge in [0.2, 0.25) is 0 Å². The molecule has 0 spiro atoms. The molecule has 1 heterocycles. The van der Waals surface area contributed by atoms with Gasteiger partial charge in [-0.1, -0.05) is 6.92 Å². The van der Waals surface area contributed by atoms with E-state index < -0.39 is 5.91 Å². The van der Waals surface area contributed by atoms with Crippen molar-refractivity contribution >= 4 is 29.4 Å². The fourth-order valence-corrected chi connectivity index (χ4v) is 3.62. The maximum absolute atomic E-state index is 11.7. The summed E-state index contributed by atoms with van der Waals surface area (Å²) in [7, 11) is 0. The number of benzene rings is 1. The Kier molecular flexibility index (Phi) is 3.30. The van der Waals surface area contributed by atoms with Gasteiger partial charge >= 0.3 is 0 Å². The lowest BCUT2D eigenvalue weighted by atomic mass is 9.75. The molecular weight excluding hydrogens is 284 g/mol. The Balaban J connectivity index is 2.29. The van der Waals surface area contributed by atoms with E-state index in [1.54, 1.807) is 6.07 Å². The average molecular weight is 304 g/mol. The van der Waals surface area contributed by atoms with E-state index in [1.165, 1.54) is 5.56 Å². The zero-order chi connectivity index (χ0) is 15.4. The summed E-state index contributed by atoms with van der Waals surface area (Å²) in [5.74, 6) is -0.431. The fraction of sp³-hybridized carbons (Fsp3) is 0.438. The Morgan fingerprint density at radius 1 is 1.57 bits per heavy atom. The van der Waals surface area contributed by atoms with Crippen LogP contribution in [0.1, 0.15) is 40.5 Å². The number of hydrogen-bond acceptors (Lipinski definition) is 3. The van der Waals surface area contributed by atoms with Gasteiger partial charge in [0.15, 0.2) is 0 Å². The molecule has 0 bridgehead atoms. The Bertz CT molecular complexity index is 751. The maximum atomic E-state index is 11.7. The number of thiol groups is 1. The lowest BCUT2D eigenvalue weighted by Crippen LogP contribution is -2.29. The monoisotopic (exact) mass is 304 g/mol.